The summed E-state index contributed by atoms with van der Waals surface area (Å²) in [5, 5.41) is 0. The van der Waals surface area contributed by atoms with E-state index >= 15 is 0 Å². The van der Waals surface area contributed by atoms with E-state index in [0.29, 0.717) is 17.8 Å². The van der Waals surface area contributed by atoms with Crippen molar-refractivity contribution in [1.29, 1.82) is 0 Å². The Hall–Kier alpha value is -0.260. The van der Waals surface area contributed by atoms with Crippen LogP contribution >= 0.6 is 0 Å². The molecule has 5 heteroatoms. The van der Waals surface area contributed by atoms with E-state index in [2.05, 4.69) is 30.7 Å². The number of halogens is 2. The minimum atomic E-state index is -2.56. The van der Waals surface area contributed by atoms with Crippen molar-refractivity contribution in [2.75, 3.05) is 52.9 Å². The highest BCUT2D eigenvalue weighted by Crippen LogP contribution is 2.43. The minimum Gasteiger partial charge on any atom is -0.306 e. The number of hydrogen-bond donors (Lipinski definition) is 0. The summed E-state index contributed by atoms with van der Waals surface area (Å²) >= 11 is 0. The molecule has 0 aromatic heterocycles. The Labute approximate surface area is 152 Å². The van der Waals surface area contributed by atoms with Crippen molar-refractivity contribution in [3.63, 3.8) is 0 Å². The monoisotopic (exact) mass is 357 g/mol. The Balaban J connectivity index is 1.51. The lowest BCUT2D eigenvalue weighted by atomic mass is 9.71. The minimum absolute atomic E-state index is 0.0448. The summed E-state index contributed by atoms with van der Waals surface area (Å²) in [7, 11) is 2.19. The van der Waals surface area contributed by atoms with E-state index in [1.165, 1.54) is 25.9 Å². The molecule has 3 aliphatic heterocycles. The molecule has 1 atom stereocenters. The summed E-state index contributed by atoms with van der Waals surface area (Å²) in [5.41, 5.74) is 0.441. The first-order valence-corrected chi connectivity index (χ1v) is 10.3. The van der Waals surface area contributed by atoms with Gasteiger partial charge < -0.3 is 4.90 Å². The zero-order valence-electron chi connectivity index (χ0n) is 16.4. The standard InChI is InChI=1S/C20H37F2N3/c1-17(2)4-10-24-11-5-18(20(21,22)16-24)25-14-8-19(9-15-25)6-12-23(3)13-7-19/h17-18H,4-16H2,1-3H3. The highest BCUT2D eigenvalue weighted by Gasteiger charge is 2.49. The van der Waals surface area contributed by atoms with Gasteiger partial charge in [-0.15, -0.1) is 0 Å². The number of rotatable bonds is 4. The van der Waals surface area contributed by atoms with Crippen molar-refractivity contribution in [1.82, 2.24) is 14.7 Å². The topological polar surface area (TPSA) is 9.72 Å². The van der Waals surface area contributed by atoms with Crippen LogP contribution < -0.4 is 0 Å². The normalized spacial score (nSPS) is 31.7. The van der Waals surface area contributed by atoms with Gasteiger partial charge in [-0.2, -0.15) is 0 Å². The predicted octanol–water partition coefficient (Wildman–Crippen LogP) is 3.55. The molecule has 1 spiro atoms. The highest BCUT2D eigenvalue weighted by molar-refractivity contribution is 4.97. The fourth-order valence-electron chi connectivity index (χ4n) is 4.98. The second-order valence-electron chi connectivity index (χ2n) is 9.36. The van der Waals surface area contributed by atoms with Gasteiger partial charge in [0, 0.05) is 6.54 Å². The maximum Gasteiger partial charge on any atom is 0.275 e. The van der Waals surface area contributed by atoms with Crippen molar-refractivity contribution in [2.45, 2.75) is 64.3 Å². The summed E-state index contributed by atoms with van der Waals surface area (Å²) in [4.78, 5) is 6.51. The molecule has 25 heavy (non-hydrogen) atoms. The molecule has 0 amide bonds. The van der Waals surface area contributed by atoms with Crippen LogP contribution in [0.4, 0.5) is 8.78 Å². The fourth-order valence-corrected chi connectivity index (χ4v) is 4.98. The van der Waals surface area contributed by atoms with Crippen molar-refractivity contribution < 1.29 is 8.78 Å². The molecule has 0 N–H and O–H groups in total. The molecule has 0 aromatic carbocycles. The number of nitrogens with zero attached hydrogens (tertiary/aromatic N) is 3. The molecular weight excluding hydrogens is 320 g/mol. The third-order valence-electron chi connectivity index (χ3n) is 7.01. The zero-order valence-corrected chi connectivity index (χ0v) is 16.4. The van der Waals surface area contributed by atoms with Crippen molar-refractivity contribution >= 4 is 0 Å². The van der Waals surface area contributed by atoms with E-state index in [0.717, 1.165) is 45.4 Å². The summed E-state index contributed by atoms with van der Waals surface area (Å²) in [6.07, 6.45) is 6.37. The van der Waals surface area contributed by atoms with Crippen LogP contribution in [0.25, 0.3) is 0 Å². The average Bonchev–Trinajstić information content (AvgIpc) is 2.56. The van der Waals surface area contributed by atoms with Crippen LogP contribution in [0.1, 0.15) is 52.4 Å². The summed E-state index contributed by atoms with van der Waals surface area (Å²) < 4.78 is 29.6. The lowest BCUT2D eigenvalue weighted by molar-refractivity contribution is -0.138. The molecule has 3 rings (SSSR count). The van der Waals surface area contributed by atoms with Gasteiger partial charge in [-0.1, -0.05) is 13.8 Å². The largest absolute Gasteiger partial charge is 0.306 e. The first kappa shape index (κ1) is 19.5. The molecule has 1 unspecified atom stereocenters. The van der Waals surface area contributed by atoms with Gasteiger partial charge in [0.15, 0.2) is 0 Å². The summed E-state index contributed by atoms with van der Waals surface area (Å²) in [5.74, 6) is -1.98. The lowest BCUT2D eigenvalue weighted by Crippen LogP contribution is -2.60. The maximum absolute atomic E-state index is 14.8. The molecule has 3 heterocycles. The van der Waals surface area contributed by atoms with E-state index in [1.807, 2.05) is 4.90 Å². The van der Waals surface area contributed by atoms with Gasteiger partial charge in [0.25, 0.3) is 5.92 Å². The van der Waals surface area contributed by atoms with Gasteiger partial charge in [0.2, 0.25) is 0 Å². The van der Waals surface area contributed by atoms with E-state index in [1.54, 1.807) is 0 Å². The highest BCUT2D eigenvalue weighted by atomic mass is 19.3. The molecule has 0 bridgehead atoms. The second-order valence-corrected chi connectivity index (χ2v) is 9.36. The molecule has 3 nitrogen and oxygen atoms in total. The number of hydrogen-bond acceptors (Lipinski definition) is 3. The van der Waals surface area contributed by atoms with Crippen LogP contribution in [0.5, 0.6) is 0 Å². The Kier molecular flexibility index (Phi) is 6.06. The maximum atomic E-state index is 14.8. The molecule has 0 saturated carbocycles. The average molecular weight is 358 g/mol. The van der Waals surface area contributed by atoms with Gasteiger partial charge in [-0.05, 0) is 89.6 Å². The first-order valence-electron chi connectivity index (χ1n) is 10.3. The summed E-state index contributed by atoms with van der Waals surface area (Å²) in [6, 6.07) is -0.536. The Morgan fingerprint density at radius 1 is 0.960 bits per heavy atom. The van der Waals surface area contributed by atoms with Gasteiger partial charge in [0.1, 0.15) is 0 Å². The molecule has 0 aliphatic carbocycles. The molecule has 0 aromatic rings. The molecule has 146 valence electrons. The van der Waals surface area contributed by atoms with E-state index in [-0.39, 0.29) is 6.54 Å². The quantitative estimate of drug-likeness (QED) is 0.762. The number of likely N-dealkylation sites (tertiary alicyclic amines) is 3. The molecule has 0 radical (unpaired) electrons. The van der Waals surface area contributed by atoms with Crippen molar-refractivity contribution in [2.24, 2.45) is 11.3 Å². The first-order chi connectivity index (χ1) is 11.8. The van der Waals surface area contributed by atoms with Gasteiger partial charge in [-0.3, -0.25) is 9.80 Å². The van der Waals surface area contributed by atoms with Crippen LogP contribution in [0.15, 0.2) is 0 Å². The molecule has 3 aliphatic rings. The fraction of sp³-hybridized carbons (Fsp3) is 1.00. The number of alkyl halides is 2. The Bertz CT molecular complexity index is 423. The molecule has 3 saturated heterocycles. The smallest absolute Gasteiger partial charge is 0.275 e. The van der Waals surface area contributed by atoms with Gasteiger partial charge in [0.05, 0.1) is 12.6 Å². The SMILES string of the molecule is CC(C)CCN1CCC(N2CCC3(CCN(C)CC3)CC2)C(F)(F)C1. The second kappa shape index (κ2) is 7.77. The Morgan fingerprint density at radius 2 is 1.56 bits per heavy atom. The van der Waals surface area contributed by atoms with Gasteiger partial charge in [-0.25, -0.2) is 8.78 Å². The third kappa shape index (κ3) is 4.72. The zero-order chi connectivity index (χ0) is 18.1. The summed E-state index contributed by atoms with van der Waals surface area (Å²) in [6.45, 7) is 10.0. The van der Waals surface area contributed by atoms with Crippen molar-refractivity contribution in [3.05, 3.63) is 0 Å². The number of piperidine rings is 3. The molecule has 3 fully saturated rings. The lowest BCUT2D eigenvalue weighted by Gasteiger charge is -2.50. The van der Waals surface area contributed by atoms with E-state index < -0.39 is 12.0 Å². The third-order valence-corrected chi connectivity index (χ3v) is 7.01. The van der Waals surface area contributed by atoms with E-state index in [9.17, 15) is 8.78 Å². The Morgan fingerprint density at radius 3 is 2.12 bits per heavy atom. The predicted molar refractivity (Wildman–Crippen MR) is 99.2 cm³/mol. The van der Waals surface area contributed by atoms with Crippen LogP contribution in [-0.4, -0.2) is 79.5 Å². The van der Waals surface area contributed by atoms with Gasteiger partial charge >= 0.3 is 0 Å². The molecular formula is C20H37F2N3. The van der Waals surface area contributed by atoms with Crippen LogP contribution in [-0.2, 0) is 0 Å². The van der Waals surface area contributed by atoms with Crippen LogP contribution in [0.2, 0.25) is 0 Å². The van der Waals surface area contributed by atoms with E-state index in [4.69, 9.17) is 0 Å². The van der Waals surface area contributed by atoms with Crippen LogP contribution in [0, 0.1) is 11.3 Å². The van der Waals surface area contributed by atoms with Crippen molar-refractivity contribution in [3.8, 4) is 0 Å². The van der Waals surface area contributed by atoms with Crippen LogP contribution in [0.3, 0.4) is 0 Å².